The van der Waals surface area contributed by atoms with Gasteiger partial charge >= 0.3 is 0 Å². The fourth-order valence-corrected chi connectivity index (χ4v) is 2.77. The molecule has 5 heteroatoms. The highest BCUT2D eigenvalue weighted by Crippen LogP contribution is 2.25. The number of rotatable bonds is 4. The molecule has 1 aliphatic heterocycles. The smallest absolute Gasteiger partial charge is 0.257 e. The first-order valence-corrected chi connectivity index (χ1v) is 6.98. The number of carbonyl (C=O) groups is 1. The summed E-state index contributed by atoms with van der Waals surface area (Å²) < 4.78 is 13.7. The van der Waals surface area contributed by atoms with Crippen LogP contribution in [0.5, 0.6) is 0 Å². The molecular weight excluding hydrogens is 265 g/mol. The molecule has 104 valence electrons. The Morgan fingerprint density at radius 2 is 2.32 bits per heavy atom. The zero-order chi connectivity index (χ0) is 13.8. The van der Waals surface area contributed by atoms with Crippen LogP contribution in [0.25, 0.3) is 0 Å². The summed E-state index contributed by atoms with van der Waals surface area (Å²) in [5.74, 6) is -0.774. The van der Waals surface area contributed by atoms with E-state index in [2.05, 4.69) is 12.6 Å². The molecule has 1 N–H and O–H groups in total. The number of likely N-dealkylation sites (tertiary alicyclic amines) is 1. The maximum absolute atomic E-state index is 13.7. The van der Waals surface area contributed by atoms with Crippen molar-refractivity contribution in [1.82, 2.24) is 4.90 Å². The Morgan fingerprint density at radius 1 is 1.53 bits per heavy atom. The molecular formula is C14H18FNO2S. The number of carbonyl (C=O) groups excluding carboxylic acids is 1. The van der Waals surface area contributed by atoms with Crippen molar-refractivity contribution in [2.24, 2.45) is 0 Å². The van der Waals surface area contributed by atoms with E-state index in [1.54, 1.807) is 4.90 Å². The van der Waals surface area contributed by atoms with E-state index in [0.717, 1.165) is 19.3 Å². The number of amides is 1. The molecule has 0 aliphatic carbocycles. The molecule has 0 bridgehead atoms. The fraction of sp³-hybridized carbons (Fsp3) is 0.500. The van der Waals surface area contributed by atoms with Gasteiger partial charge in [-0.1, -0.05) is 0 Å². The lowest BCUT2D eigenvalue weighted by atomic mass is 10.1. The van der Waals surface area contributed by atoms with E-state index in [9.17, 15) is 9.18 Å². The Labute approximate surface area is 117 Å². The lowest BCUT2D eigenvalue weighted by Gasteiger charge is -2.25. The van der Waals surface area contributed by atoms with Gasteiger partial charge in [-0.3, -0.25) is 4.79 Å². The molecule has 0 saturated carbocycles. The third kappa shape index (κ3) is 3.28. The molecule has 1 unspecified atom stereocenters. The highest BCUT2D eigenvalue weighted by molar-refractivity contribution is 7.80. The minimum atomic E-state index is -0.504. The van der Waals surface area contributed by atoms with E-state index in [0.29, 0.717) is 17.9 Å². The molecule has 1 aliphatic rings. The number of hydrogen-bond acceptors (Lipinski definition) is 3. The molecule has 2 rings (SSSR count). The van der Waals surface area contributed by atoms with Gasteiger partial charge in [-0.2, -0.15) is 0 Å². The van der Waals surface area contributed by atoms with Crippen LogP contribution in [0.15, 0.2) is 23.1 Å². The first-order valence-electron chi connectivity index (χ1n) is 6.54. The number of thiol groups is 1. The number of aliphatic hydroxyl groups excluding tert-OH is 1. The predicted octanol–water partition coefficient (Wildman–Crippen LogP) is 2.49. The van der Waals surface area contributed by atoms with Gasteiger partial charge in [-0.25, -0.2) is 4.39 Å². The highest BCUT2D eigenvalue weighted by atomic mass is 32.1. The number of nitrogens with zero attached hydrogens (tertiary/aromatic N) is 1. The van der Waals surface area contributed by atoms with Crippen LogP contribution < -0.4 is 0 Å². The van der Waals surface area contributed by atoms with Gasteiger partial charge < -0.3 is 10.0 Å². The molecule has 1 amide bonds. The van der Waals surface area contributed by atoms with Gasteiger partial charge in [0, 0.05) is 24.1 Å². The summed E-state index contributed by atoms with van der Waals surface area (Å²) in [6.45, 7) is 0.782. The van der Waals surface area contributed by atoms with Gasteiger partial charge in [0.25, 0.3) is 5.91 Å². The molecule has 1 fully saturated rings. The van der Waals surface area contributed by atoms with Crippen molar-refractivity contribution in [3.05, 3.63) is 29.6 Å². The van der Waals surface area contributed by atoms with Crippen LogP contribution in [-0.2, 0) is 0 Å². The molecule has 1 saturated heterocycles. The fourth-order valence-electron chi connectivity index (χ4n) is 2.56. The van der Waals surface area contributed by atoms with E-state index < -0.39 is 5.82 Å². The Morgan fingerprint density at radius 3 is 3.05 bits per heavy atom. The number of benzene rings is 1. The summed E-state index contributed by atoms with van der Waals surface area (Å²) in [5, 5.41) is 8.88. The van der Waals surface area contributed by atoms with Gasteiger partial charge in [-0.15, -0.1) is 12.6 Å². The molecule has 0 radical (unpaired) electrons. The second-order valence-electron chi connectivity index (χ2n) is 4.82. The van der Waals surface area contributed by atoms with Crippen LogP contribution in [-0.4, -0.2) is 35.1 Å². The zero-order valence-corrected chi connectivity index (χ0v) is 11.6. The van der Waals surface area contributed by atoms with Gasteiger partial charge in [-0.05, 0) is 43.9 Å². The highest BCUT2D eigenvalue weighted by Gasteiger charge is 2.30. The van der Waals surface area contributed by atoms with Crippen molar-refractivity contribution in [1.29, 1.82) is 0 Å². The second kappa shape index (κ2) is 6.39. The van der Waals surface area contributed by atoms with Gasteiger partial charge in [0.15, 0.2) is 0 Å². The first-order chi connectivity index (χ1) is 9.13. The Balaban J connectivity index is 2.16. The molecule has 1 aromatic carbocycles. The Hall–Kier alpha value is -1.07. The normalized spacial score (nSPS) is 18.9. The third-order valence-corrected chi connectivity index (χ3v) is 3.79. The standard InChI is InChI=1S/C14H18FNO2S/c15-13-6-5-11(19)9-12(13)14(18)16-7-1-3-10(16)4-2-8-17/h5-6,9-10,17,19H,1-4,7-8H2. The van der Waals surface area contributed by atoms with Crippen LogP contribution in [0.3, 0.4) is 0 Å². The third-order valence-electron chi connectivity index (χ3n) is 3.51. The summed E-state index contributed by atoms with van der Waals surface area (Å²) in [6.07, 6.45) is 3.30. The van der Waals surface area contributed by atoms with Crippen LogP contribution in [0, 0.1) is 5.82 Å². The second-order valence-corrected chi connectivity index (χ2v) is 5.34. The minimum Gasteiger partial charge on any atom is -0.396 e. The maximum atomic E-state index is 13.7. The summed E-state index contributed by atoms with van der Waals surface area (Å²) in [7, 11) is 0. The van der Waals surface area contributed by atoms with E-state index in [-0.39, 0.29) is 24.1 Å². The molecule has 1 heterocycles. The largest absolute Gasteiger partial charge is 0.396 e. The summed E-state index contributed by atoms with van der Waals surface area (Å²) in [5.41, 5.74) is 0.0865. The van der Waals surface area contributed by atoms with E-state index in [4.69, 9.17) is 5.11 Å². The number of aliphatic hydroxyl groups is 1. The number of hydrogen-bond donors (Lipinski definition) is 2. The lowest BCUT2D eigenvalue weighted by molar-refractivity contribution is 0.0719. The average Bonchev–Trinajstić information content (AvgIpc) is 2.86. The Kier molecular flexibility index (Phi) is 4.82. The van der Waals surface area contributed by atoms with Crippen molar-refractivity contribution in [3.63, 3.8) is 0 Å². The quantitative estimate of drug-likeness (QED) is 0.834. The van der Waals surface area contributed by atoms with Gasteiger partial charge in [0.2, 0.25) is 0 Å². The Bertz CT molecular complexity index is 467. The molecule has 0 aromatic heterocycles. The van der Waals surface area contributed by atoms with Crippen molar-refractivity contribution in [3.8, 4) is 0 Å². The molecule has 19 heavy (non-hydrogen) atoms. The van der Waals surface area contributed by atoms with Crippen molar-refractivity contribution in [2.75, 3.05) is 13.2 Å². The average molecular weight is 283 g/mol. The van der Waals surface area contributed by atoms with Crippen molar-refractivity contribution < 1.29 is 14.3 Å². The van der Waals surface area contributed by atoms with Crippen LogP contribution in [0.2, 0.25) is 0 Å². The zero-order valence-electron chi connectivity index (χ0n) is 10.7. The topological polar surface area (TPSA) is 40.5 Å². The van der Waals surface area contributed by atoms with E-state index >= 15 is 0 Å². The summed E-state index contributed by atoms with van der Waals surface area (Å²) in [6, 6.07) is 4.39. The van der Waals surface area contributed by atoms with Crippen molar-refractivity contribution in [2.45, 2.75) is 36.6 Å². The predicted molar refractivity (Wildman–Crippen MR) is 74.0 cm³/mol. The van der Waals surface area contributed by atoms with E-state index in [1.807, 2.05) is 0 Å². The summed E-state index contributed by atoms with van der Waals surface area (Å²) >= 11 is 4.15. The van der Waals surface area contributed by atoms with Crippen LogP contribution >= 0.6 is 12.6 Å². The van der Waals surface area contributed by atoms with E-state index in [1.165, 1.54) is 18.2 Å². The van der Waals surface area contributed by atoms with Crippen molar-refractivity contribution >= 4 is 18.5 Å². The van der Waals surface area contributed by atoms with Crippen LogP contribution in [0.4, 0.5) is 4.39 Å². The molecule has 3 nitrogen and oxygen atoms in total. The monoisotopic (exact) mass is 283 g/mol. The van der Waals surface area contributed by atoms with Gasteiger partial charge in [0.1, 0.15) is 5.82 Å². The van der Waals surface area contributed by atoms with Gasteiger partial charge in [0.05, 0.1) is 5.56 Å². The minimum absolute atomic E-state index is 0.0865. The SMILES string of the molecule is O=C(c1cc(S)ccc1F)N1CCCC1CCCO. The first kappa shape index (κ1) is 14.3. The molecule has 0 spiro atoms. The lowest BCUT2D eigenvalue weighted by Crippen LogP contribution is -2.36. The molecule has 1 aromatic rings. The molecule has 1 atom stereocenters. The summed E-state index contributed by atoms with van der Waals surface area (Å²) in [4.78, 5) is 14.7. The van der Waals surface area contributed by atoms with Crippen LogP contribution in [0.1, 0.15) is 36.0 Å². The maximum Gasteiger partial charge on any atom is 0.257 e. The number of halogens is 1.